The van der Waals surface area contributed by atoms with Crippen molar-refractivity contribution in [1.82, 2.24) is 5.32 Å². The van der Waals surface area contributed by atoms with E-state index in [0.717, 1.165) is 25.8 Å². The van der Waals surface area contributed by atoms with Crippen LogP contribution in [0.5, 0.6) is 0 Å². The summed E-state index contributed by atoms with van der Waals surface area (Å²) in [6, 6.07) is -0.300. The predicted octanol–water partition coefficient (Wildman–Crippen LogP) is 0.422. The predicted molar refractivity (Wildman–Crippen MR) is 36.4 cm³/mol. The van der Waals surface area contributed by atoms with Gasteiger partial charge in [-0.05, 0) is 19.4 Å². The van der Waals surface area contributed by atoms with Crippen LogP contribution >= 0.6 is 0 Å². The van der Waals surface area contributed by atoms with Crippen molar-refractivity contribution in [3.05, 3.63) is 4.91 Å². The fraction of sp³-hybridized carbons (Fsp3) is 0.833. The zero-order chi connectivity index (χ0) is 7.40. The average molecular weight is 142 g/mol. The Kier molecular flexibility index (Phi) is 2.50. The van der Waals surface area contributed by atoms with Crippen LogP contribution in [0.4, 0.5) is 0 Å². The van der Waals surface area contributed by atoms with E-state index < -0.39 is 5.91 Å². The van der Waals surface area contributed by atoms with Crippen LogP contribution < -0.4 is 5.32 Å². The zero-order valence-corrected chi connectivity index (χ0v) is 5.67. The SMILES string of the molecule is O=NC(=O)C1CCCCN1. The Labute approximate surface area is 59.0 Å². The van der Waals surface area contributed by atoms with Crippen molar-refractivity contribution in [1.29, 1.82) is 0 Å². The van der Waals surface area contributed by atoms with E-state index in [1.807, 2.05) is 0 Å². The van der Waals surface area contributed by atoms with Gasteiger partial charge in [0.2, 0.25) is 0 Å². The fourth-order valence-electron chi connectivity index (χ4n) is 1.13. The molecule has 10 heavy (non-hydrogen) atoms. The second-order valence-corrected chi connectivity index (χ2v) is 2.43. The number of carbonyl (C=O) groups is 1. The number of amides is 1. The average Bonchev–Trinajstić information content (AvgIpc) is 2.05. The van der Waals surface area contributed by atoms with E-state index in [9.17, 15) is 9.70 Å². The maximum atomic E-state index is 10.6. The van der Waals surface area contributed by atoms with E-state index in [-0.39, 0.29) is 6.04 Å². The van der Waals surface area contributed by atoms with Gasteiger partial charge in [-0.25, -0.2) is 0 Å². The number of nitrogens with zero attached hydrogens (tertiary/aromatic N) is 1. The van der Waals surface area contributed by atoms with Crippen molar-refractivity contribution in [2.75, 3.05) is 6.54 Å². The summed E-state index contributed by atoms with van der Waals surface area (Å²) in [5, 5.41) is 5.29. The lowest BCUT2D eigenvalue weighted by atomic mass is 10.1. The molecule has 0 spiro atoms. The van der Waals surface area contributed by atoms with Crippen LogP contribution in [0.3, 0.4) is 0 Å². The number of nitroso groups, excluding NO2 is 1. The second kappa shape index (κ2) is 3.41. The molecule has 1 saturated heterocycles. The van der Waals surface area contributed by atoms with E-state index in [4.69, 9.17) is 0 Å². The van der Waals surface area contributed by atoms with Crippen LogP contribution in [0, 0.1) is 4.91 Å². The highest BCUT2D eigenvalue weighted by molar-refractivity contribution is 5.82. The highest BCUT2D eigenvalue weighted by atomic mass is 16.3. The Bertz CT molecular complexity index is 141. The standard InChI is InChI=1S/C6H10N2O2/c9-6(8-10)5-3-1-2-4-7-5/h5,7H,1-4H2. The molecule has 0 aromatic rings. The van der Waals surface area contributed by atoms with Crippen LogP contribution in [0.15, 0.2) is 5.18 Å². The molecule has 0 aromatic carbocycles. The maximum Gasteiger partial charge on any atom is 0.303 e. The van der Waals surface area contributed by atoms with Gasteiger partial charge >= 0.3 is 5.91 Å². The van der Waals surface area contributed by atoms with E-state index in [1.54, 1.807) is 0 Å². The quantitative estimate of drug-likeness (QED) is 0.540. The van der Waals surface area contributed by atoms with Crippen LogP contribution in [-0.4, -0.2) is 18.5 Å². The van der Waals surface area contributed by atoms with Crippen molar-refractivity contribution in [3.63, 3.8) is 0 Å². The molecule has 1 heterocycles. The van der Waals surface area contributed by atoms with Gasteiger partial charge in [0.05, 0.1) is 6.04 Å². The molecular formula is C6H10N2O2. The van der Waals surface area contributed by atoms with Crippen molar-refractivity contribution in [2.45, 2.75) is 25.3 Å². The Hall–Kier alpha value is -0.770. The molecule has 1 rings (SSSR count). The van der Waals surface area contributed by atoms with Crippen LogP contribution in [0.25, 0.3) is 0 Å². The molecule has 4 heteroatoms. The van der Waals surface area contributed by atoms with Gasteiger partial charge in [0.25, 0.3) is 0 Å². The van der Waals surface area contributed by atoms with E-state index >= 15 is 0 Å². The number of hydrogen-bond donors (Lipinski definition) is 1. The van der Waals surface area contributed by atoms with Gasteiger partial charge in [-0.1, -0.05) is 6.42 Å². The minimum absolute atomic E-state index is 0.300. The highest BCUT2D eigenvalue weighted by Crippen LogP contribution is 2.07. The Morgan fingerprint density at radius 2 is 2.30 bits per heavy atom. The normalized spacial score (nSPS) is 25.8. The first-order valence-corrected chi connectivity index (χ1v) is 3.45. The summed E-state index contributed by atoms with van der Waals surface area (Å²) < 4.78 is 0. The van der Waals surface area contributed by atoms with Gasteiger partial charge in [-0.15, -0.1) is 4.91 Å². The molecule has 1 fully saturated rings. The monoisotopic (exact) mass is 142 g/mol. The molecule has 0 radical (unpaired) electrons. The Balaban J connectivity index is 2.38. The molecule has 4 nitrogen and oxygen atoms in total. The molecule has 1 atom stereocenters. The molecular weight excluding hydrogens is 132 g/mol. The number of rotatable bonds is 1. The summed E-state index contributed by atoms with van der Waals surface area (Å²) in [6.45, 7) is 0.825. The van der Waals surface area contributed by atoms with E-state index in [1.165, 1.54) is 0 Å². The fourth-order valence-corrected chi connectivity index (χ4v) is 1.13. The Morgan fingerprint density at radius 1 is 1.50 bits per heavy atom. The van der Waals surface area contributed by atoms with Crippen molar-refractivity contribution < 1.29 is 4.79 Å². The lowest BCUT2D eigenvalue weighted by Gasteiger charge is -2.18. The Morgan fingerprint density at radius 3 is 2.80 bits per heavy atom. The van der Waals surface area contributed by atoms with Crippen LogP contribution in [0.1, 0.15) is 19.3 Å². The van der Waals surface area contributed by atoms with Crippen molar-refractivity contribution in [3.8, 4) is 0 Å². The van der Waals surface area contributed by atoms with Gasteiger partial charge < -0.3 is 5.32 Å². The highest BCUT2D eigenvalue weighted by Gasteiger charge is 2.20. The second-order valence-electron chi connectivity index (χ2n) is 2.43. The molecule has 56 valence electrons. The molecule has 0 saturated carbocycles. The molecule has 1 aliphatic rings. The minimum Gasteiger partial charge on any atom is -0.306 e. The summed E-state index contributed by atoms with van der Waals surface area (Å²) in [5.74, 6) is -0.556. The first kappa shape index (κ1) is 7.34. The van der Waals surface area contributed by atoms with Gasteiger partial charge in [-0.3, -0.25) is 4.79 Å². The van der Waals surface area contributed by atoms with Crippen molar-refractivity contribution >= 4 is 5.91 Å². The molecule has 0 bridgehead atoms. The third-order valence-corrected chi connectivity index (χ3v) is 1.70. The molecule has 0 aromatic heterocycles. The van der Waals surface area contributed by atoms with E-state index in [0.29, 0.717) is 0 Å². The van der Waals surface area contributed by atoms with Crippen LogP contribution in [-0.2, 0) is 4.79 Å². The number of nitrogens with one attached hydrogen (secondary N) is 1. The first-order chi connectivity index (χ1) is 4.84. The zero-order valence-electron chi connectivity index (χ0n) is 5.67. The molecule has 0 aliphatic carbocycles. The third kappa shape index (κ3) is 1.60. The number of piperidine rings is 1. The smallest absolute Gasteiger partial charge is 0.303 e. The summed E-state index contributed by atoms with van der Waals surface area (Å²) in [4.78, 5) is 20.4. The molecule has 1 N–H and O–H groups in total. The number of carbonyl (C=O) groups excluding carboxylic acids is 1. The van der Waals surface area contributed by atoms with Gasteiger partial charge in [0.15, 0.2) is 0 Å². The van der Waals surface area contributed by atoms with Gasteiger partial charge in [0, 0.05) is 5.18 Å². The first-order valence-electron chi connectivity index (χ1n) is 3.45. The summed E-state index contributed by atoms with van der Waals surface area (Å²) in [6.07, 6.45) is 2.85. The lowest BCUT2D eigenvalue weighted by Crippen LogP contribution is -2.39. The summed E-state index contributed by atoms with van der Waals surface area (Å²) in [5.41, 5.74) is 0. The molecule has 1 aliphatic heterocycles. The van der Waals surface area contributed by atoms with Gasteiger partial charge in [-0.2, -0.15) is 0 Å². The van der Waals surface area contributed by atoms with Crippen molar-refractivity contribution in [2.24, 2.45) is 5.18 Å². The van der Waals surface area contributed by atoms with Gasteiger partial charge in [0.1, 0.15) is 0 Å². The maximum absolute atomic E-state index is 10.6. The topological polar surface area (TPSA) is 58.5 Å². The largest absolute Gasteiger partial charge is 0.306 e. The lowest BCUT2D eigenvalue weighted by molar-refractivity contribution is -0.120. The summed E-state index contributed by atoms with van der Waals surface area (Å²) >= 11 is 0. The molecule has 1 amide bonds. The number of hydrogen-bond acceptors (Lipinski definition) is 3. The van der Waals surface area contributed by atoms with Crippen LogP contribution in [0.2, 0.25) is 0 Å². The minimum atomic E-state index is -0.556. The molecule has 1 unspecified atom stereocenters. The van der Waals surface area contributed by atoms with E-state index in [2.05, 4.69) is 10.5 Å². The third-order valence-electron chi connectivity index (χ3n) is 1.70. The summed E-state index contributed by atoms with van der Waals surface area (Å²) in [7, 11) is 0.